The van der Waals surface area contributed by atoms with Gasteiger partial charge in [0.25, 0.3) is 5.91 Å². The molecule has 5 nitrogen and oxygen atoms in total. The molecule has 0 aromatic heterocycles. The Balaban J connectivity index is 2.33. The maximum absolute atomic E-state index is 12.1. The van der Waals surface area contributed by atoms with Crippen molar-refractivity contribution >= 4 is 27.9 Å². The summed E-state index contributed by atoms with van der Waals surface area (Å²) in [6, 6.07) is 13.6. The average Bonchev–Trinajstić information content (AvgIpc) is 2.67. The minimum Gasteiger partial charge on any atom is -0.490 e. The van der Waals surface area contributed by atoms with E-state index in [1.165, 1.54) is 10.5 Å². The molecule has 28 heavy (non-hydrogen) atoms. The zero-order valence-electron chi connectivity index (χ0n) is 16.5. The van der Waals surface area contributed by atoms with E-state index in [9.17, 15) is 10.1 Å². The Labute approximate surface area is 174 Å². The van der Waals surface area contributed by atoms with Gasteiger partial charge in [0.15, 0.2) is 11.5 Å². The second-order valence-electron chi connectivity index (χ2n) is 6.40. The topological polar surface area (TPSA) is 62.6 Å². The average molecular weight is 443 g/mol. The molecule has 0 aliphatic carbocycles. The highest BCUT2D eigenvalue weighted by molar-refractivity contribution is 9.10. The van der Waals surface area contributed by atoms with Crippen LogP contribution in [0.2, 0.25) is 0 Å². The minimum atomic E-state index is -0.355. The lowest BCUT2D eigenvalue weighted by Crippen LogP contribution is -2.22. The van der Waals surface area contributed by atoms with Crippen molar-refractivity contribution in [2.45, 2.75) is 20.5 Å². The van der Waals surface area contributed by atoms with Crippen molar-refractivity contribution in [3.05, 3.63) is 63.1 Å². The predicted molar refractivity (Wildman–Crippen MR) is 113 cm³/mol. The number of hydrogen-bond acceptors (Lipinski definition) is 4. The van der Waals surface area contributed by atoms with Crippen LogP contribution in [-0.2, 0) is 11.4 Å². The second-order valence-corrected chi connectivity index (χ2v) is 7.25. The van der Waals surface area contributed by atoms with Crippen LogP contribution < -0.4 is 9.47 Å². The molecule has 0 N–H and O–H groups in total. The Hall–Kier alpha value is -2.78. The number of amides is 1. The number of nitrogens with zero attached hydrogens (tertiary/aromatic N) is 2. The predicted octanol–water partition coefficient (Wildman–Crippen LogP) is 4.73. The van der Waals surface area contributed by atoms with Crippen LogP contribution in [0.15, 0.2) is 46.4 Å². The van der Waals surface area contributed by atoms with Crippen molar-refractivity contribution in [3.8, 4) is 17.6 Å². The molecule has 0 aliphatic heterocycles. The Morgan fingerprint density at radius 3 is 2.39 bits per heavy atom. The number of ether oxygens (including phenoxy) is 2. The fraction of sp³-hybridized carbons (Fsp3) is 0.273. The largest absolute Gasteiger partial charge is 0.490 e. The number of benzene rings is 2. The smallest absolute Gasteiger partial charge is 0.264 e. The van der Waals surface area contributed by atoms with E-state index in [0.29, 0.717) is 34.7 Å². The molecule has 6 heteroatoms. The van der Waals surface area contributed by atoms with Crippen molar-refractivity contribution in [1.29, 1.82) is 5.26 Å². The van der Waals surface area contributed by atoms with Gasteiger partial charge in [-0.05, 0) is 43.2 Å². The van der Waals surface area contributed by atoms with E-state index in [1.54, 1.807) is 32.3 Å². The molecule has 0 saturated carbocycles. The highest BCUT2D eigenvalue weighted by Gasteiger charge is 2.15. The number of carbonyl (C=O) groups excluding carboxylic acids is 1. The lowest BCUT2D eigenvalue weighted by Gasteiger charge is -2.15. The molecule has 0 atom stereocenters. The van der Waals surface area contributed by atoms with Crippen LogP contribution in [0.5, 0.6) is 11.5 Å². The Bertz CT molecular complexity index is 913. The van der Waals surface area contributed by atoms with Gasteiger partial charge in [-0.15, -0.1) is 0 Å². The summed E-state index contributed by atoms with van der Waals surface area (Å²) in [5, 5.41) is 9.32. The first-order chi connectivity index (χ1) is 13.3. The molecule has 0 bridgehead atoms. The minimum absolute atomic E-state index is 0.0430. The van der Waals surface area contributed by atoms with Gasteiger partial charge in [-0.3, -0.25) is 4.79 Å². The molecule has 0 fully saturated rings. The van der Waals surface area contributed by atoms with Crippen molar-refractivity contribution < 1.29 is 14.3 Å². The fourth-order valence-electron chi connectivity index (χ4n) is 2.43. The lowest BCUT2D eigenvalue weighted by molar-refractivity contribution is -0.124. The molecule has 2 aromatic carbocycles. The van der Waals surface area contributed by atoms with Gasteiger partial charge < -0.3 is 14.4 Å². The van der Waals surface area contributed by atoms with Gasteiger partial charge in [0.05, 0.1) is 6.61 Å². The third-order valence-corrected chi connectivity index (χ3v) is 4.62. The van der Waals surface area contributed by atoms with Crippen LogP contribution in [0.4, 0.5) is 0 Å². The summed E-state index contributed by atoms with van der Waals surface area (Å²) < 4.78 is 12.4. The van der Waals surface area contributed by atoms with Crippen molar-refractivity contribution in [3.63, 3.8) is 0 Å². The molecule has 2 rings (SSSR count). The van der Waals surface area contributed by atoms with Crippen molar-refractivity contribution in [2.24, 2.45) is 0 Å². The number of nitriles is 1. The first kappa shape index (κ1) is 21.5. The second kappa shape index (κ2) is 9.95. The quantitative estimate of drug-likeness (QED) is 0.459. The SMILES string of the molecule is CCOc1cc(/C=C(/C#N)C(=O)N(C)C)c(Br)cc1OCc1ccc(C)cc1. The number of aryl methyl sites for hydroxylation is 1. The highest BCUT2D eigenvalue weighted by atomic mass is 79.9. The number of rotatable bonds is 7. The molecule has 0 unspecified atom stereocenters. The summed E-state index contributed by atoms with van der Waals surface area (Å²) in [4.78, 5) is 13.5. The molecular formula is C22H23BrN2O3. The van der Waals surface area contributed by atoms with E-state index in [2.05, 4.69) is 15.9 Å². The summed E-state index contributed by atoms with van der Waals surface area (Å²) >= 11 is 3.50. The molecule has 2 aromatic rings. The van der Waals surface area contributed by atoms with Gasteiger partial charge in [-0.1, -0.05) is 45.8 Å². The summed E-state index contributed by atoms with van der Waals surface area (Å²) in [7, 11) is 3.21. The van der Waals surface area contributed by atoms with Crippen LogP contribution in [-0.4, -0.2) is 31.5 Å². The lowest BCUT2D eigenvalue weighted by atomic mass is 10.1. The molecule has 0 spiro atoms. The standard InChI is InChI=1S/C22H23BrN2O3/c1-5-27-20-11-17(10-18(13-24)22(26)25(3)4)19(23)12-21(20)28-14-16-8-6-15(2)7-9-16/h6-12H,5,14H2,1-4H3/b18-10-. The number of halogens is 1. The third-order valence-electron chi connectivity index (χ3n) is 3.93. The van der Waals surface area contributed by atoms with Gasteiger partial charge in [-0.2, -0.15) is 5.26 Å². The summed E-state index contributed by atoms with van der Waals surface area (Å²) in [5.74, 6) is 0.787. The van der Waals surface area contributed by atoms with Gasteiger partial charge in [-0.25, -0.2) is 0 Å². The van der Waals surface area contributed by atoms with Gasteiger partial charge in [0.1, 0.15) is 18.2 Å². The number of hydrogen-bond donors (Lipinski definition) is 0. The van der Waals surface area contributed by atoms with Crippen LogP contribution in [0, 0.1) is 18.3 Å². The zero-order chi connectivity index (χ0) is 20.7. The molecule has 0 radical (unpaired) electrons. The first-order valence-corrected chi connectivity index (χ1v) is 9.63. The van der Waals surface area contributed by atoms with Crippen LogP contribution in [0.1, 0.15) is 23.6 Å². The maximum Gasteiger partial charge on any atom is 0.264 e. The van der Waals surface area contributed by atoms with Crippen LogP contribution >= 0.6 is 15.9 Å². The van der Waals surface area contributed by atoms with E-state index in [4.69, 9.17) is 9.47 Å². The molecule has 0 saturated heterocycles. The monoisotopic (exact) mass is 442 g/mol. The molecule has 146 valence electrons. The van der Waals surface area contributed by atoms with Gasteiger partial charge >= 0.3 is 0 Å². The molecule has 0 aliphatic rings. The Kier molecular flexibility index (Phi) is 7.65. The van der Waals surface area contributed by atoms with Crippen LogP contribution in [0.3, 0.4) is 0 Å². The summed E-state index contributed by atoms with van der Waals surface area (Å²) in [6.45, 7) is 4.80. The maximum atomic E-state index is 12.1. The normalized spacial score (nSPS) is 10.9. The molecule has 1 amide bonds. The number of carbonyl (C=O) groups is 1. The molecular weight excluding hydrogens is 420 g/mol. The third kappa shape index (κ3) is 5.61. The van der Waals surface area contributed by atoms with Crippen LogP contribution in [0.25, 0.3) is 6.08 Å². The highest BCUT2D eigenvalue weighted by Crippen LogP contribution is 2.35. The van der Waals surface area contributed by atoms with Crippen molar-refractivity contribution in [1.82, 2.24) is 4.90 Å². The first-order valence-electron chi connectivity index (χ1n) is 8.83. The van der Waals surface area contributed by atoms with E-state index in [0.717, 1.165) is 5.56 Å². The fourth-order valence-corrected chi connectivity index (χ4v) is 2.86. The van der Waals surface area contributed by atoms with Gasteiger partial charge in [0, 0.05) is 18.6 Å². The summed E-state index contributed by atoms with van der Waals surface area (Å²) in [5.41, 5.74) is 2.95. The Morgan fingerprint density at radius 1 is 1.18 bits per heavy atom. The van der Waals surface area contributed by atoms with E-state index in [1.807, 2.05) is 44.2 Å². The number of likely N-dealkylation sites (N-methyl/N-ethyl adjacent to an activating group) is 1. The zero-order valence-corrected chi connectivity index (χ0v) is 18.0. The Morgan fingerprint density at radius 2 is 1.82 bits per heavy atom. The van der Waals surface area contributed by atoms with Crippen molar-refractivity contribution in [2.75, 3.05) is 20.7 Å². The van der Waals surface area contributed by atoms with E-state index < -0.39 is 0 Å². The van der Waals surface area contributed by atoms with Gasteiger partial charge in [0.2, 0.25) is 0 Å². The summed E-state index contributed by atoms with van der Waals surface area (Å²) in [6.07, 6.45) is 1.54. The van der Waals surface area contributed by atoms with E-state index >= 15 is 0 Å². The molecule has 0 heterocycles. The van der Waals surface area contributed by atoms with E-state index in [-0.39, 0.29) is 11.5 Å².